The molecule has 0 aromatic carbocycles. The Labute approximate surface area is 165 Å². The van der Waals surface area contributed by atoms with Crippen molar-refractivity contribution in [3.63, 3.8) is 0 Å². The molecule has 2 aromatic rings. The zero-order valence-corrected chi connectivity index (χ0v) is 17.3. The first-order valence-electron chi connectivity index (χ1n) is 8.39. The van der Waals surface area contributed by atoms with Crippen LogP contribution in [0.2, 0.25) is 0 Å². The van der Waals surface area contributed by atoms with Crippen molar-refractivity contribution in [2.75, 3.05) is 30.7 Å². The molecular weight excluding hydrogens is 390 g/mol. The minimum absolute atomic E-state index is 0.0701. The Hall–Kier alpha value is -1.65. The first-order valence-corrected chi connectivity index (χ1v) is 11.1. The summed E-state index contributed by atoms with van der Waals surface area (Å²) in [4.78, 5) is 27.1. The number of carbonyl (C=O) groups is 2. The van der Waals surface area contributed by atoms with Crippen LogP contribution < -0.4 is 10.6 Å². The summed E-state index contributed by atoms with van der Waals surface area (Å²) in [6.45, 7) is 5.86. The summed E-state index contributed by atoms with van der Waals surface area (Å²) in [5.74, 6) is 0.0108. The van der Waals surface area contributed by atoms with Gasteiger partial charge < -0.3 is 15.5 Å². The number of thiophene rings is 1. The fraction of sp³-hybridized carbons (Fsp3) is 0.500. The molecule has 0 saturated heterocycles. The van der Waals surface area contributed by atoms with Crippen LogP contribution in [0.5, 0.6) is 0 Å². The summed E-state index contributed by atoms with van der Waals surface area (Å²) in [7, 11) is 0. The molecule has 26 heavy (non-hydrogen) atoms. The van der Waals surface area contributed by atoms with E-state index in [1.54, 1.807) is 16.2 Å². The molecule has 0 aliphatic rings. The van der Waals surface area contributed by atoms with Gasteiger partial charge in [-0.05, 0) is 24.8 Å². The molecule has 0 bridgehead atoms. The molecule has 0 saturated carbocycles. The first kappa shape index (κ1) is 20.7. The standard InChI is InChI=1S/C16H23N5O2S3/c1-3-7-17-15-19-20-16(26-15)25-11-14(23)21(4-2)10-13(22)18-9-12-6-5-8-24-12/h5-6,8H,3-4,7,9-11H2,1-2H3,(H,17,19)(H,18,22). The molecule has 0 radical (unpaired) electrons. The SMILES string of the molecule is CCCNc1nnc(SCC(=O)N(CC)CC(=O)NCc2cccs2)s1. The number of likely N-dealkylation sites (N-methyl/N-ethyl adjacent to an activating group) is 1. The summed E-state index contributed by atoms with van der Waals surface area (Å²) in [5.41, 5.74) is 0. The topological polar surface area (TPSA) is 87.2 Å². The van der Waals surface area contributed by atoms with Crippen molar-refractivity contribution in [3.8, 4) is 0 Å². The molecule has 2 N–H and O–H groups in total. The van der Waals surface area contributed by atoms with Crippen LogP contribution in [0.15, 0.2) is 21.9 Å². The second-order valence-corrected chi connectivity index (χ2v) is 8.58. The number of thioether (sulfide) groups is 1. The third-order valence-corrected chi connectivity index (χ3v) is 6.24. The van der Waals surface area contributed by atoms with Crippen LogP contribution in [0.1, 0.15) is 25.1 Å². The van der Waals surface area contributed by atoms with E-state index < -0.39 is 0 Å². The van der Waals surface area contributed by atoms with Crippen LogP contribution in [0.3, 0.4) is 0 Å². The van der Waals surface area contributed by atoms with Crippen molar-refractivity contribution in [2.24, 2.45) is 0 Å². The van der Waals surface area contributed by atoms with Crippen molar-refractivity contribution >= 4 is 51.4 Å². The molecule has 2 aromatic heterocycles. The highest BCUT2D eigenvalue weighted by Crippen LogP contribution is 2.25. The molecule has 0 spiro atoms. The quantitative estimate of drug-likeness (QED) is 0.551. The van der Waals surface area contributed by atoms with Crippen molar-refractivity contribution in [2.45, 2.75) is 31.2 Å². The molecule has 2 amide bonds. The van der Waals surface area contributed by atoms with E-state index in [1.807, 2.05) is 24.4 Å². The van der Waals surface area contributed by atoms with Gasteiger partial charge in [-0.1, -0.05) is 36.1 Å². The third-order valence-electron chi connectivity index (χ3n) is 3.36. The molecule has 0 aliphatic carbocycles. The number of anilines is 1. The van der Waals surface area contributed by atoms with Gasteiger partial charge in [-0.2, -0.15) is 0 Å². The lowest BCUT2D eigenvalue weighted by atomic mass is 10.4. The van der Waals surface area contributed by atoms with E-state index in [2.05, 4.69) is 27.8 Å². The number of amides is 2. The molecule has 0 fully saturated rings. The summed E-state index contributed by atoms with van der Waals surface area (Å²) in [5, 5.41) is 16.9. The van der Waals surface area contributed by atoms with Gasteiger partial charge in [0.05, 0.1) is 18.8 Å². The fourth-order valence-electron chi connectivity index (χ4n) is 1.99. The lowest BCUT2D eigenvalue weighted by molar-refractivity contribution is -0.133. The molecule has 0 atom stereocenters. The zero-order valence-electron chi connectivity index (χ0n) is 14.9. The number of nitrogens with zero attached hydrogens (tertiary/aromatic N) is 3. The monoisotopic (exact) mass is 413 g/mol. The van der Waals surface area contributed by atoms with Crippen molar-refractivity contribution in [1.82, 2.24) is 20.4 Å². The number of nitrogens with one attached hydrogen (secondary N) is 2. The molecule has 2 rings (SSSR count). The summed E-state index contributed by atoms with van der Waals surface area (Å²) < 4.78 is 0.746. The first-order chi connectivity index (χ1) is 12.6. The van der Waals surface area contributed by atoms with Gasteiger partial charge in [0.1, 0.15) is 0 Å². The van der Waals surface area contributed by atoms with Gasteiger partial charge in [-0.25, -0.2) is 0 Å². The molecule has 10 heteroatoms. The average molecular weight is 414 g/mol. The van der Waals surface area contributed by atoms with Crippen molar-refractivity contribution in [3.05, 3.63) is 22.4 Å². The van der Waals surface area contributed by atoms with Gasteiger partial charge in [-0.3, -0.25) is 9.59 Å². The van der Waals surface area contributed by atoms with Crippen LogP contribution in [-0.2, 0) is 16.1 Å². The molecular formula is C16H23N5O2S3. The van der Waals surface area contributed by atoms with E-state index in [-0.39, 0.29) is 24.1 Å². The smallest absolute Gasteiger partial charge is 0.239 e. The van der Waals surface area contributed by atoms with Crippen LogP contribution in [-0.4, -0.2) is 52.3 Å². The van der Waals surface area contributed by atoms with Crippen LogP contribution in [0.25, 0.3) is 0 Å². The maximum atomic E-state index is 12.4. The van der Waals surface area contributed by atoms with Gasteiger partial charge >= 0.3 is 0 Å². The Balaban J connectivity index is 1.74. The minimum Gasteiger partial charge on any atom is -0.360 e. The number of hydrogen-bond donors (Lipinski definition) is 2. The molecule has 0 aliphatic heterocycles. The largest absolute Gasteiger partial charge is 0.360 e. The number of hydrogen-bond acceptors (Lipinski definition) is 8. The van der Waals surface area contributed by atoms with E-state index in [0.29, 0.717) is 13.1 Å². The Bertz CT molecular complexity index is 690. The highest BCUT2D eigenvalue weighted by molar-refractivity contribution is 8.01. The maximum absolute atomic E-state index is 12.4. The average Bonchev–Trinajstić information content (AvgIpc) is 3.32. The van der Waals surface area contributed by atoms with E-state index >= 15 is 0 Å². The van der Waals surface area contributed by atoms with Crippen molar-refractivity contribution < 1.29 is 9.59 Å². The van der Waals surface area contributed by atoms with Crippen LogP contribution >= 0.6 is 34.4 Å². The normalized spacial score (nSPS) is 10.5. The lowest BCUT2D eigenvalue weighted by Crippen LogP contribution is -2.41. The van der Waals surface area contributed by atoms with Crippen LogP contribution in [0.4, 0.5) is 5.13 Å². The number of aromatic nitrogens is 2. The second kappa shape index (κ2) is 11.1. The predicted molar refractivity (Wildman–Crippen MR) is 108 cm³/mol. The zero-order chi connectivity index (χ0) is 18.8. The molecule has 7 nitrogen and oxygen atoms in total. The van der Waals surface area contributed by atoms with Gasteiger partial charge in [0, 0.05) is 18.0 Å². The molecule has 2 heterocycles. The van der Waals surface area contributed by atoms with Gasteiger partial charge in [-0.15, -0.1) is 21.5 Å². The molecule has 0 unspecified atom stereocenters. The minimum atomic E-state index is -0.152. The predicted octanol–water partition coefficient (Wildman–Crippen LogP) is 2.68. The van der Waals surface area contributed by atoms with Gasteiger partial charge in [0.15, 0.2) is 4.34 Å². The van der Waals surface area contributed by atoms with E-state index in [1.165, 1.54) is 23.1 Å². The van der Waals surface area contributed by atoms with E-state index in [9.17, 15) is 9.59 Å². The number of carbonyl (C=O) groups excluding carboxylic acids is 2. The Kier molecular flexibility index (Phi) is 8.86. The highest BCUT2D eigenvalue weighted by atomic mass is 32.2. The molecule has 142 valence electrons. The Morgan fingerprint density at radius 2 is 2.15 bits per heavy atom. The summed E-state index contributed by atoms with van der Waals surface area (Å²) in [6.07, 6.45) is 1.01. The van der Waals surface area contributed by atoms with Gasteiger partial charge in [0.25, 0.3) is 0 Å². The fourth-order valence-corrected chi connectivity index (χ4v) is 4.32. The van der Waals surface area contributed by atoms with Crippen LogP contribution in [0, 0.1) is 0 Å². The summed E-state index contributed by atoms with van der Waals surface area (Å²) in [6, 6.07) is 3.91. The summed E-state index contributed by atoms with van der Waals surface area (Å²) >= 11 is 4.38. The highest BCUT2D eigenvalue weighted by Gasteiger charge is 2.17. The second-order valence-electron chi connectivity index (χ2n) is 5.35. The van der Waals surface area contributed by atoms with Gasteiger partial charge in [0.2, 0.25) is 16.9 Å². The maximum Gasteiger partial charge on any atom is 0.239 e. The van der Waals surface area contributed by atoms with E-state index in [0.717, 1.165) is 27.3 Å². The van der Waals surface area contributed by atoms with Crippen molar-refractivity contribution in [1.29, 1.82) is 0 Å². The number of rotatable bonds is 11. The lowest BCUT2D eigenvalue weighted by Gasteiger charge is -2.19. The Morgan fingerprint density at radius 3 is 2.85 bits per heavy atom. The van der Waals surface area contributed by atoms with E-state index in [4.69, 9.17) is 0 Å². The third kappa shape index (κ3) is 6.93. The Morgan fingerprint density at radius 1 is 1.31 bits per heavy atom.